The maximum atomic E-state index is 13.1. The number of hydrogen-bond acceptors (Lipinski definition) is 66. The zero-order chi connectivity index (χ0) is 93.6. The smallest absolute Gasteiger partial charge is 0.726 e. The van der Waals surface area contributed by atoms with Crippen LogP contribution in [0.2, 0.25) is 0 Å². The van der Waals surface area contributed by atoms with Crippen LogP contribution in [0.25, 0.3) is 0 Å². The van der Waals surface area contributed by atoms with Crippen LogP contribution in [-0.2, 0) is 242 Å². The molecular weight excluding hydrogens is 2380 g/mol. The van der Waals surface area contributed by atoms with Crippen LogP contribution in [0.4, 0.5) is 11.4 Å². The molecule has 2 aromatic carbocycles. The van der Waals surface area contributed by atoms with E-state index in [1.54, 1.807) is 0 Å². The van der Waals surface area contributed by atoms with Gasteiger partial charge in [-0.1, -0.05) is 23.5 Å². The van der Waals surface area contributed by atoms with Gasteiger partial charge in [0.2, 0.25) is 157 Å². The number of thioether (sulfide) groups is 2. The summed E-state index contributed by atoms with van der Waals surface area (Å²) in [5, 5.41) is 4.60. The molecule has 66 nitrogen and oxygen atoms in total. The van der Waals surface area contributed by atoms with Crippen molar-refractivity contribution in [2.45, 2.75) is 150 Å². The number of carbonyl (C=O) groups excluding carboxylic acids is 2. The Morgan fingerprint density at radius 3 is 0.635 bits per heavy atom. The fraction of sp³-hybridized carbons (Fsp3) is 0.659. The van der Waals surface area contributed by atoms with Gasteiger partial charge in [0.25, 0.3) is 0 Å². The SMILES string of the molecule is O=C(CCCC(=O)Nc1ccc(S[C@@H]2O[C@H](COS(=O)(=O)[O-])[C@@H](O[C@@H]3O[C@H](COS(=O)(=O)[O-])[C@@H](OS(=O)(=O)[O-])[C@H](OS(=O)(=O)[O-])[C@H]3OS(=O)(=O)[O-])[C@H](OS(=O)(=O)[O-])[C@H]2OS(=O)(=O)[O-])cc1)Nc1ccc(S[C@@H]2O[C@H](COS(=O)(=O)[O-])[C@@H](O[C@@H]3O[C@H](COS(=O)(=O)[O-])[C@@H](OS(=O)(=O)[O-])[C@H](OS(=O)(=O)[O-])[C@H]3OS(=O)(=O)[O-])[C@H](OS(=O)(=O)[O-])[C@H]2OS(=O)(=O)[O-])cc1.[Na+].[Na+].[Na+].[Na+].[Na+].[Na+].[Na+].[Na+].[Na+].[Na+].[Na+].[Na+].[Na+].[Na+]. The van der Waals surface area contributed by atoms with Gasteiger partial charge in [0, 0.05) is 34.0 Å². The van der Waals surface area contributed by atoms with Crippen LogP contribution in [0.3, 0.4) is 0 Å². The number of ether oxygens (including phenoxy) is 6. The number of anilines is 2. The summed E-state index contributed by atoms with van der Waals surface area (Å²) >= 11 is 0.00417. The Morgan fingerprint density at radius 2 is 0.431 bits per heavy atom. The van der Waals surface area contributed by atoms with Gasteiger partial charge in [0.05, 0.1) is 26.4 Å². The van der Waals surface area contributed by atoms with Gasteiger partial charge in [-0.15, -0.1) is 0 Å². The first-order valence-corrected chi connectivity index (χ1v) is 50.7. The van der Waals surface area contributed by atoms with Crippen molar-refractivity contribution < 1.29 is 692 Å². The Bertz CT molecular complexity index is 5500. The van der Waals surface area contributed by atoms with Crippen molar-refractivity contribution in [3.8, 4) is 0 Å². The third-order valence-electron chi connectivity index (χ3n) is 14.3. The predicted molar refractivity (Wildman–Crippen MR) is 348 cm³/mol. The molecule has 137 heavy (non-hydrogen) atoms. The van der Waals surface area contributed by atoms with Crippen molar-refractivity contribution in [3.63, 3.8) is 0 Å². The van der Waals surface area contributed by atoms with Gasteiger partial charge in [-0.25, -0.2) is 118 Å². The molecule has 2 amide bonds. The Hall–Kier alpha value is 10.0. The van der Waals surface area contributed by atoms with E-state index < -0.39 is 318 Å². The zero-order valence-electron chi connectivity index (χ0n) is 71.8. The average molecular weight is 2420 g/mol. The standard InChI is InChI=1S/C41H58N2O64S16.14Na/c44-24(42-16-4-8-18(9-5-16)108-40-36(106-122(82,83)84)30(100-116(64,65)66)26(20(94-40)12-88-110(46,47)48)96-38-34(104-120(76,77)78)32(102-118(70,71)72)28(98-114(58,59)60)22(92-38)14-90-112(52,53)54)2-1-3-25(45)43-17-6-10-19(11-7-17)109-41-37(107-123(85,86)87)31(101-117(67,68)69)27(21(95-41)13-89-111(49,50)51)97-39-35(105-121(79,80)81)33(103-119(73,74)75)29(99-115(61,62)63)23(93-39)15-91-113(55,56)57;;;;;;;;;;;;;;/h4-11,20-23,26-41H,1-3,12-15H2,(H,42,44)(H,43,45)(H,46,47,48)(H,49,50,51)(H,52,53,54)(H,55,56,57)(H,58,59,60)(H,61,62,63)(H,64,65,66)(H,67,68,69)(H,70,71,72)(H,73,74,75)(H,76,77,78)(H,79,80,81)(H,82,83,84)(H,85,86,87);;;;;;;;;;;;;;/q;14*+1/p-14/t20-,21-,22-,23-,26-,27-,28-,29-,30+,31+,32+,33+,34-,35-,36-,37-,38+,39+,40+,41+;;;;;;;;;;;;;;/m1............../s1. The number of hydrogen-bond donors (Lipinski definition) is 2. The summed E-state index contributed by atoms with van der Waals surface area (Å²) in [6.07, 6.45) is -61.3. The second kappa shape index (κ2) is 69.0. The number of amides is 2. The molecule has 0 radical (unpaired) electrons. The molecule has 6 rings (SSSR count). The Balaban J connectivity index is -0.00000167. The fourth-order valence-corrected chi connectivity index (χ4v) is 18.9. The van der Waals surface area contributed by atoms with Crippen LogP contribution in [0.15, 0.2) is 58.3 Å². The van der Waals surface area contributed by atoms with Crippen LogP contribution in [-0.4, -0.2) is 341 Å². The zero-order valence-corrected chi connectivity index (χ0v) is 113. The van der Waals surface area contributed by atoms with Gasteiger partial charge in [-0.3, -0.25) is 68.2 Å². The van der Waals surface area contributed by atoms with E-state index in [1.165, 1.54) is 0 Å². The number of rotatable bonds is 46. The van der Waals surface area contributed by atoms with E-state index in [-0.39, 0.29) is 465 Å². The maximum Gasteiger partial charge on any atom is 1.00 e. The van der Waals surface area contributed by atoms with Crippen molar-refractivity contribution in [3.05, 3.63) is 48.5 Å². The first-order chi connectivity index (χ1) is 55.4. The Morgan fingerprint density at radius 1 is 0.248 bits per heavy atom. The van der Waals surface area contributed by atoms with Gasteiger partial charge in [-0.05, 0) is 55.0 Å². The minimum Gasteiger partial charge on any atom is -0.726 e. The van der Waals surface area contributed by atoms with E-state index in [4.69, 9.17) is 28.4 Å². The van der Waals surface area contributed by atoms with E-state index >= 15 is 0 Å². The van der Waals surface area contributed by atoms with Crippen LogP contribution in [0.5, 0.6) is 0 Å². The second-order valence-electron chi connectivity index (χ2n) is 23.1. The molecule has 0 aromatic heterocycles. The molecule has 20 atom stereocenters. The molecule has 0 bridgehead atoms. The van der Waals surface area contributed by atoms with E-state index in [0.717, 1.165) is 48.5 Å². The topological polar surface area (TPSA) is 1040 Å². The van der Waals surface area contributed by atoms with E-state index in [2.05, 4.69) is 69.2 Å². The molecule has 0 unspecified atom stereocenters. The van der Waals surface area contributed by atoms with Crippen LogP contribution < -0.4 is 424 Å². The molecule has 4 saturated heterocycles. The van der Waals surface area contributed by atoms with Crippen molar-refractivity contribution >= 4 is 192 Å². The molecule has 2 aromatic rings. The third-order valence-corrected chi connectivity index (χ3v) is 22.9. The average Bonchev–Trinajstić information content (AvgIpc) is 0.756. The minimum atomic E-state index is -6.62. The molecule has 0 spiro atoms. The summed E-state index contributed by atoms with van der Waals surface area (Å²) in [6, 6.07) is 7.50. The summed E-state index contributed by atoms with van der Waals surface area (Å²) in [5.74, 6) is -1.89. The Kier molecular flexibility index (Phi) is 82.8. The van der Waals surface area contributed by atoms with Crippen LogP contribution >= 0.6 is 23.5 Å². The molecule has 4 aliphatic heterocycles. The molecule has 4 heterocycles. The molecule has 712 valence electrons. The van der Waals surface area contributed by atoms with E-state index in [1.807, 2.05) is 0 Å². The molecule has 0 saturated carbocycles. The fourth-order valence-electron chi connectivity index (χ4n) is 10.5. The van der Waals surface area contributed by atoms with Crippen molar-refractivity contribution in [1.29, 1.82) is 0 Å². The molecule has 4 fully saturated rings. The van der Waals surface area contributed by atoms with Crippen LogP contribution in [0.1, 0.15) is 19.3 Å². The predicted octanol–water partition coefficient (Wildman–Crippen LogP) is -54.3. The summed E-state index contributed by atoms with van der Waals surface area (Å²) in [5.41, 5.74) is -5.58. The third kappa shape index (κ3) is 66.1. The van der Waals surface area contributed by atoms with E-state index in [9.17, 15) is 191 Å². The number of carbonyl (C=O) groups is 2. The van der Waals surface area contributed by atoms with Crippen molar-refractivity contribution in [2.75, 3.05) is 37.1 Å². The maximum absolute atomic E-state index is 13.1. The van der Waals surface area contributed by atoms with Gasteiger partial charge in [-0.2, -0.15) is 0 Å². The summed E-state index contributed by atoms with van der Waals surface area (Å²) < 4.78 is 592. The number of benzene rings is 2. The normalized spacial score (nSPS) is 25.7. The second-order valence-corrected chi connectivity index (χ2v) is 39.7. The van der Waals surface area contributed by atoms with Gasteiger partial charge < -0.3 is 103 Å². The largest absolute Gasteiger partial charge is 1.00 e. The van der Waals surface area contributed by atoms with E-state index in [0.29, 0.717) is 0 Å². The first kappa shape index (κ1) is 165. The molecule has 4 aliphatic rings. The number of nitrogens with one attached hydrogen (secondary N) is 2. The molecule has 2 N–H and O–H groups in total. The Labute approximate surface area is 1100 Å². The first-order valence-electron chi connectivity index (χ1n) is 30.3. The molecule has 96 heteroatoms. The minimum absolute atomic E-state index is 0. The van der Waals surface area contributed by atoms with Crippen molar-refractivity contribution in [1.82, 2.24) is 0 Å². The van der Waals surface area contributed by atoms with Gasteiger partial charge in [0.1, 0.15) is 96.3 Å². The summed E-state index contributed by atoms with van der Waals surface area (Å²) in [7, 11) is -89.9. The summed E-state index contributed by atoms with van der Waals surface area (Å²) in [4.78, 5) is 25.5. The molecular formula is C41H44N2Na14O64S16. The molecule has 0 aliphatic carbocycles. The monoisotopic (exact) mass is 2420 g/mol. The summed E-state index contributed by atoms with van der Waals surface area (Å²) in [6.45, 7) is -8.24. The quantitative estimate of drug-likeness (QED) is 0.0353. The van der Waals surface area contributed by atoms with Gasteiger partial charge >= 0.3 is 414 Å². The van der Waals surface area contributed by atoms with Crippen LogP contribution in [0, 0.1) is 0 Å². The van der Waals surface area contributed by atoms with Gasteiger partial charge in [0.15, 0.2) is 24.8 Å². The van der Waals surface area contributed by atoms with Crippen molar-refractivity contribution in [2.24, 2.45) is 0 Å².